The molecule has 122 valence electrons. The van der Waals surface area contributed by atoms with Gasteiger partial charge in [0.25, 0.3) is 0 Å². The number of thiazole rings is 1. The molecule has 0 N–H and O–H groups in total. The number of rotatable bonds is 4. The Morgan fingerprint density at radius 1 is 1.22 bits per heavy atom. The van der Waals surface area contributed by atoms with Crippen LogP contribution in [0.15, 0.2) is 29.6 Å². The van der Waals surface area contributed by atoms with Crippen LogP contribution in [0.5, 0.6) is 0 Å². The molecule has 0 spiro atoms. The van der Waals surface area contributed by atoms with Crippen LogP contribution in [-0.4, -0.2) is 46.9 Å². The van der Waals surface area contributed by atoms with Gasteiger partial charge in [0.1, 0.15) is 0 Å². The predicted molar refractivity (Wildman–Crippen MR) is 93.6 cm³/mol. The molecule has 1 aliphatic rings. The smallest absolute Gasteiger partial charge is 0.228 e. The zero-order chi connectivity index (χ0) is 16.2. The summed E-state index contributed by atoms with van der Waals surface area (Å²) in [5.41, 5.74) is 3.55. The fourth-order valence-corrected chi connectivity index (χ4v) is 3.59. The topological polar surface area (TPSA) is 36.4 Å². The van der Waals surface area contributed by atoms with Gasteiger partial charge in [-0.2, -0.15) is 0 Å². The van der Waals surface area contributed by atoms with Crippen LogP contribution in [0.3, 0.4) is 0 Å². The summed E-state index contributed by atoms with van der Waals surface area (Å²) >= 11 is 1.61. The minimum Gasteiger partial charge on any atom is -0.340 e. The predicted octanol–water partition coefficient (Wildman–Crippen LogP) is 2.65. The van der Waals surface area contributed by atoms with Crippen molar-refractivity contribution in [2.75, 3.05) is 26.2 Å². The minimum atomic E-state index is 0.200. The number of piperazine rings is 1. The highest BCUT2D eigenvalue weighted by atomic mass is 32.1. The fraction of sp³-hybridized carbons (Fsp3) is 0.444. The highest BCUT2D eigenvalue weighted by molar-refractivity contribution is 7.09. The first-order chi connectivity index (χ1) is 11.1. The average molecular weight is 329 g/mol. The van der Waals surface area contributed by atoms with E-state index in [2.05, 4.69) is 41.1 Å². The number of hydrogen-bond acceptors (Lipinski definition) is 4. The van der Waals surface area contributed by atoms with E-state index >= 15 is 0 Å². The molecule has 1 aromatic carbocycles. The minimum absolute atomic E-state index is 0.200. The number of carbonyl (C=O) groups excluding carboxylic acids is 1. The summed E-state index contributed by atoms with van der Waals surface area (Å²) < 4.78 is 0. The molecule has 1 aliphatic heterocycles. The zero-order valence-corrected chi connectivity index (χ0v) is 14.6. The van der Waals surface area contributed by atoms with E-state index in [4.69, 9.17) is 0 Å². The summed E-state index contributed by atoms with van der Waals surface area (Å²) in [7, 11) is 0. The van der Waals surface area contributed by atoms with Gasteiger partial charge in [0.05, 0.1) is 17.1 Å². The lowest BCUT2D eigenvalue weighted by atomic mass is 10.1. The molecule has 1 aromatic heterocycles. The van der Waals surface area contributed by atoms with Gasteiger partial charge in [-0.05, 0) is 19.4 Å². The molecular formula is C18H23N3OS. The van der Waals surface area contributed by atoms with Crippen molar-refractivity contribution in [3.05, 3.63) is 51.5 Å². The van der Waals surface area contributed by atoms with Gasteiger partial charge in [-0.25, -0.2) is 4.98 Å². The Bertz CT molecular complexity index is 674. The second-order valence-electron chi connectivity index (χ2n) is 6.18. The molecule has 5 heteroatoms. The monoisotopic (exact) mass is 329 g/mol. The first-order valence-corrected chi connectivity index (χ1v) is 8.95. The third kappa shape index (κ3) is 4.39. The van der Waals surface area contributed by atoms with Crippen molar-refractivity contribution >= 4 is 17.2 Å². The van der Waals surface area contributed by atoms with Crippen molar-refractivity contribution in [2.24, 2.45) is 0 Å². The molecular weight excluding hydrogens is 306 g/mol. The number of hydrogen-bond donors (Lipinski definition) is 0. The Morgan fingerprint density at radius 3 is 2.65 bits per heavy atom. The number of aryl methyl sites for hydroxylation is 2. The van der Waals surface area contributed by atoms with E-state index in [1.807, 2.05) is 17.2 Å². The fourth-order valence-electron chi connectivity index (χ4n) is 2.98. The van der Waals surface area contributed by atoms with Gasteiger partial charge in [-0.1, -0.05) is 29.8 Å². The Hall–Kier alpha value is -1.72. The third-order valence-corrected chi connectivity index (χ3v) is 5.03. The molecule has 1 amide bonds. The molecule has 2 heterocycles. The first kappa shape index (κ1) is 16.1. The van der Waals surface area contributed by atoms with Crippen molar-refractivity contribution in [3.63, 3.8) is 0 Å². The van der Waals surface area contributed by atoms with E-state index in [0.717, 1.165) is 43.4 Å². The second kappa shape index (κ2) is 7.23. The average Bonchev–Trinajstić information content (AvgIpc) is 2.93. The summed E-state index contributed by atoms with van der Waals surface area (Å²) in [6, 6.07) is 8.65. The molecule has 0 bridgehead atoms. The standard InChI is InChI=1S/C18H23N3OS/c1-14-4-3-5-16(10-14)12-20-6-8-21(9-7-20)18(22)11-17-13-23-15(2)19-17/h3-5,10,13H,6-9,11-12H2,1-2H3. The molecule has 1 saturated heterocycles. The number of carbonyl (C=O) groups is 1. The van der Waals surface area contributed by atoms with Crippen LogP contribution in [-0.2, 0) is 17.8 Å². The number of amides is 1. The molecule has 3 rings (SSSR count). The van der Waals surface area contributed by atoms with Gasteiger partial charge >= 0.3 is 0 Å². The van der Waals surface area contributed by atoms with Crippen molar-refractivity contribution in [2.45, 2.75) is 26.8 Å². The molecule has 2 aromatic rings. The van der Waals surface area contributed by atoms with Gasteiger partial charge in [0.2, 0.25) is 5.91 Å². The largest absolute Gasteiger partial charge is 0.340 e. The maximum atomic E-state index is 12.4. The summed E-state index contributed by atoms with van der Waals surface area (Å²) in [5, 5.41) is 3.01. The Balaban J connectivity index is 1.49. The van der Waals surface area contributed by atoms with Gasteiger partial charge in [-0.3, -0.25) is 9.69 Å². The van der Waals surface area contributed by atoms with E-state index in [-0.39, 0.29) is 5.91 Å². The van der Waals surface area contributed by atoms with Crippen LogP contribution < -0.4 is 0 Å². The lowest BCUT2D eigenvalue weighted by Gasteiger charge is -2.34. The van der Waals surface area contributed by atoms with Crippen LogP contribution in [0, 0.1) is 13.8 Å². The van der Waals surface area contributed by atoms with Crippen LogP contribution in [0.1, 0.15) is 21.8 Å². The van der Waals surface area contributed by atoms with Crippen LogP contribution in [0.2, 0.25) is 0 Å². The highest BCUT2D eigenvalue weighted by Gasteiger charge is 2.21. The quantitative estimate of drug-likeness (QED) is 0.865. The maximum absolute atomic E-state index is 12.4. The van der Waals surface area contributed by atoms with Gasteiger partial charge < -0.3 is 4.90 Å². The van der Waals surface area contributed by atoms with E-state index in [1.165, 1.54) is 11.1 Å². The van der Waals surface area contributed by atoms with E-state index in [9.17, 15) is 4.79 Å². The number of benzene rings is 1. The first-order valence-electron chi connectivity index (χ1n) is 8.07. The highest BCUT2D eigenvalue weighted by Crippen LogP contribution is 2.13. The van der Waals surface area contributed by atoms with Gasteiger partial charge in [0, 0.05) is 38.1 Å². The SMILES string of the molecule is Cc1cccc(CN2CCN(C(=O)Cc3csc(C)n3)CC2)c1. The maximum Gasteiger partial charge on any atom is 0.228 e. The lowest BCUT2D eigenvalue weighted by Crippen LogP contribution is -2.48. The van der Waals surface area contributed by atoms with Gasteiger partial charge in [-0.15, -0.1) is 11.3 Å². The molecule has 23 heavy (non-hydrogen) atoms. The Morgan fingerprint density at radius 2 is 2.00 bits per heavy atom. The summed E-state index contributed by atoms with van der Waals surface area (Å²) in [6.07, 6.45) is 0.433. The van der Waals surface area contributed by atoms with Crippen molar-refractivity contribution in [1.82, 2.24) is 14.8 Å². The lowest BCUT2D eigenvalue weighted by molar-refractivity contribution is -0.132. The second-order valence-corrected chi connectivity index (χ2v) is 7.24. The third-order valence-electron chi connectivity index (χ3n) is 4.21. The molecule has 0 saturated carbocycles. The molecule has 0 unspecified atom stereocenters. The van der Waals surface area contributed by atoms with Crippen molar-refractivity contribution in [1.29, 1.82) is 0 Å². The van der Waals surface area contributed by atoms with Gasteiger partial charge in [0.15, 0.2) is 0 Å². The molecule has 0 aliphatic carbocycles. The van der Waals surface area contributed by atoms with Crippen LogP contribution >= 0.6 is 11.3 Å². The van der Waals surface area contributed by atoms with Crippen LogP contribution in [0.25, 0.3) is 0 Å². The molecule has 0 radical (unpaired) electrons. The molecule has 0 atom stereocenters. The van der Waals surface area contributed by atoms with Crippen molar-refractivity contribution < 1.29 is 4.79 Å². The Kier molecular flexibility index (Phi) is 5.08. The summed E-state index contributed by atoms with van der Waals surface area (Å²) in [4.78, 5) is 21.1. The van der Waals surface area contributed by atoms with Crippen LogP contribution in [0.4, 0.5) is 0 Å². The summed E-state index contributed by atoms with van der Waals surface area (Å²) in [5.74, 6) is 0.200. The number of nitrogens with zero attached hydrogens (tertiary/aromatic N) is 3. The molecule has 4 nitrogen and oxygen atoms in total. The van der Waals surface area contributed by atoms with E-state index < -0.39 is 0 Å². The Labute approximate surface area is 141 Å². The zero-order valence-electron chi connectivity index (χ0n) is 13.8. The normalized spacial score (nSPS) is 15.8. The van der Waals surface area contributed by atoms with E-state index in [0.29, 0.717) is 6.42 Å². The summed E-state index contributed by atoms with van der Waals surface area (Å²) in [6.45, 7) is 8.57. The van der Waals surface area contributed by atoms with Crippen molar-refractivity contribution in [3.8, 4) is 0 Å². The number of aromatic nitrogens is 1. The molecule has 1 fully saturated rings. The van der Waals surface area contributed by atoms with E-state index in [1.54, 1.807) is 11.3 Å².